The summed E-state index contributed by atoms with van der Waals surface area (Å²) in [6.07, 6.45) is 3.35. The number of rotatable bonds is 10. The number of ketones is 1. The molecule has 2 aromatic carbocycles. The van der Waals surface area contributed by atoms with Crippen molar-refractivity contribution < 1.29 is 19.0 Å². The molecule has 0 aliphatic rings. The summed E-state index contributed by atoms with van der Waals surface area (Å²) in [7, 11) is 1.63. The largest absolute Gasteiger partial charge is 0.491 e. The van der Waals surface area contributed by atoms with Crippen molar-refractivity contribution in [1.29, 1.82) is 0 Å². The Morgan fingerprint density at radius 1 is 1.00 bits per heavy atom. The van der Waals surface area contributed by atoms with Crippen LogP contribution in [0.3, 0.4) is 0 Å². The molecule has 1 aromatic heterocycles. The van der Waals surface area contributed by atoms with E-state index in [1.165, 1.54) is 0 Å². The van der Waals surface area contributed by atoms with Gasteiger partial charge in [0.1, 0.15) is 24.7 Å². The first-order valence-corrected chi connectivity index (χ1v) is 9.73. The molecular weight excluding hydrogens is 374 g/mol. The topological polar surface area (TPSA) is 57.7 Å². The van der Waals surface area contributed by atoms with Gasteiger partial charge in [0, 0.05) is 18.1 Å². The molecule has 0 radical (unpaired) electrons. The third-order valence-corrected chi connectivity index (χ3v) is 4.51. The van der Waals surface area contributed by atoms with Crippen LogP contribution in [0.15, 0.2) is 65.5 Å². The summed E-state index contributed by atoms with van der Waals surface area (Å²) in [4.78, 5) is 16.5. The average Bonchev–Trinajstić information content (AvgIpc) is 3.26. The summed E-state index contributed by atoms with van der Waals surface area (Å²) in [6.45, 7) is 1.45. The smallest absolute Gasteiger partial charge is 0.185 e. The van der Waals surface area contributed by atoms with Crippen LogP contribution in [-0.2, 0) is 11.3 Å². The monoisotopic (exact) mass is 395 g/mol. The Hall–Kier alpha value is -2.96. The van der Waals surface area contributed by atoms with Crippen LogP contribution in [-0.4, -0.2) is 31.1 Å². The summed E-state index contributed by atoms with van der Waals surface area (Å²) in [6, 6.07) is 14.6. The molecule has 6 heteroatoms. The van der Waals surface area contributed by atoms with Crippen LogP contribution in [0.1, 0.15) is 21.6 Å². The Bertz CT molecular complexity index is 887. The highest BCUT2D eigenvalue weighted by atomic mass is 32.1. The van der Waals surface area contributed by atoms with E-state index in [-0.39, 0.29) is 5.78 Å². The number of allylic oxidation sites excluding steroid dienone is 1. The van der Waals surface area contributed by atoms with Crippen LogP contribution in [0, 0.1) is 0 Å². The first-order valence-electron chi connectivity index (χ1n) is 8.79. The van der Waals surface area contributed by atoms with Crippen LogP contribution in [0.5, 0.6) is 11.5 Å². The fraction of sp³-hybridized carbons (Fsp3) is 0.182. The van der Waals surface area contributed by atoms with Gasteiger partial charge in [-0.05, 0) is 48.0 Å². The maximum Gasteiger partial charge on any atom is 0.185 e. The summed E-state index contributed by atoms with van der Waals surface area (Å²) >= 11 is 1.55. The molecule has 144 valence electrons. The molecule has 0 aliphatic carbocycles. The number of hydrogen-bond donors (Lipinski definition) is 0. The van der Waals surface area contributed by atoms with Gasteiger partial charge in [0.25, 0.3) is 0 Å². The molecule has 0 saturated heterocycles. The van der Waals surface area contributed by atoms with Gasteiger partial charge in [0.05, 0.1) is 17.8 Å². The molecule has 0 aliphatic heterocycles. The number of carbonyl (C=O) groups is 1. The van der Waals surface area contributed by atoms with E-state index in [0.29, 0.717) is 31.1 Å². The highest BCUT2D eigenvalue weighted by molar-refractivity contribution is 7.07. The number of hydrogen-bond acceptors (Lipinski definition) is 6. The number of nitrogens with zero attached hydrogens (tertiary/aromatic N) is 1. The summed E-state index contributed by atoms with van der Waals surface area (Å²) in [5, 5.41) is 1.96. The fourth-order valence-corrected chi connectivity index (χ4v) is 2.91. The number of ether oxygens (including phenoxy) is 3. The van der Waals surface area contributed by atoms with Crippen molar-refractivity contribution in [3.05, 3.63) is 82.3 Å². The first-order chi connectivity index (χ1) is 13.7. The molecule has 3 rings (SSSR count). The Balaban J connectivity index is 1.51. The highest BCUT2D eigenvalue weighted by Crippen LogP contribution is 2.16. The lowest BCUT2D eigenvalue weighted by Crippen LogP contribution is -2.04. The van der Waals surface area contributed by atoms with Gasteiger partial charge in [-0.2, -0.15) is 0 Å². The molecule has 3 aromatic rings. The zero-order valence-corrected chi connectivity index (χ0v) is 16.4. The molecule has 28 heavy (non-hydrogen) atoms. The van der Waals surface area contributed by atoms with Gasteiger partial charge in [-0.15, -0.1) is 11.3 Å². The van der Waals surface area contributed by atoms with E-state index in [2.05, 4.69) is 4.98 Å². The molecule has 0 N–H and O–H groups in total. The van der Waals surface area contributed by atoms with Gasteiger partial charge >= 0.3 is 0 Å². The lowest BCUT2D eigenvalue weighted by molar-refractivity contribution is 0.104. The van der Waals surface area contributed by atoms with Crippen LogP contribution < -0.4 is 9.47 Å². The lowest BCUT2D eigenvalue weighted by atomic mass is 10.1. The Labute approximate surface area is 168 Å². The molecule has 0 unspecified atom stereocenters. The lowest BCUT2D eigenvalue weighted by Gasteiger charge is -2.05. The summed E-state index contributed by atoms with van der Waals surface area (Å²) in [5.41, 5.74) is 4.23. The van der Waals surface area contributed by atoms with Crippen molar-refractivity contribution in [1.82, 2.24) is 4.98 Å². The zero-order chi connectivity index (χ0) is 19.6. The van der Waals surface area contributed by atoms with E-state index in [4.69, 9.17) is 14.2 Å². The van der Waals surface area contributed by atoms with Crippen LogP contribution in [0.2, 0.25) is 0 Å². The molecular formula is C22H21NO4S. The van der Waals surface area contributed by atoms with Crippen LogP contribution >= 0.6 is 11.3 Å². The van der Waals surface area contributed by atoms with E-state index in [1.54, 1.807) is 60.4 Å². The zero-order valence-electron chi connectivity index (χ0n) is 15.5. The second-order valence-corrected chi connectivity index (χ2v) is 6.62. The maximum atomic E-state index is 12.3. The molecule has 0 saturated carbocycles. The fourth-order valence-electron chi connectivity index (χ4n) is 2.37. The van der Waals surface area contributed by atoms with Crippen molar-refractivity contribution in [2.24, 2.45) is 0 Å². The van der Waals surface area contributed by atoms with E-state index in [1.807, 2.05) is 29.6 Å². The van der Waals surface area contributed by atoms with Crippen LogP contribution in [0.4, 0.5) is 0 Å². The van der Waals surface area contributed by atoms with E-state index in [9.17, 15) is 4.79 Å². The number of thiazole rings is 1. The minimum absolute atomic E-state index is 0.0627. The molecule has 0 fully saturated rings. The predicted molar refractivity (Wildman–Crippen MR) is 110 cm³/mol. The third-order valence-electron chi connectivity index (χ3n) is 3.87. The Morgan fingerprint density at radius 2 is 1.71 bits per heavy atom. The van der Waals surface area contributed by atoms with Crippen LogP contribution in [0.25, 0.3) is 6.08 Å². The maximum absolute atomic E-state index is 12.3. The Kier molecular flexibility index (Phi) is 7.35. The highest BCUT2D eigenvalue weighted by Gasteiger charge is 2.03. The van der Waals surface area contributed by atoms with E-state index >= 15 is 0 Å². The normalized spacial score (nSPS) is 10.9. The van der Waals surface area contributed by atoms with Gasteiger partial charge in [0.2, 0.25) is 0 Å². The molecule has 1 heterocycles. The molecule has 0 amide bonds. The number of benzene rings is 2. The van der Waals surface area contributed by atoms with Gasteiger partial charge < -0.3 is 14.2 Å². The number of methoxy groups -OCH3 is 1. The molecule has 0 spiro atoms. The number of carbonyl (C=O) groups excluding carboxylic acids is 1. The molecule has 0 atom stereocenters. The minimum atomic E-state index is -0.0627. The van der Waals surface area contributed by atoms with E-state index < -0.39 is 0 Å². The molecule has 5 nitrogen and oxygen atoms in total. The second-order valence-electron chi connectivity index (χ2n) is 5.90. The second kappa shape index (κ2) is 10.4. The Morgan fingerprint density at radius 3 is 2.39 bits per heavy atom. The molecule has 0 bridgehead atoms. The van der Waals surface area contributed by atoms with Crippen molar-refractivity contribution in [3.8, 4) is 11.5 Å². The SMILES string of the molecule is COCCOc1ccc(C(=O)/C=C\c2ccc(OCc3cscn3)cc2)cc1. The van der Waals surface area contributed by atoms with Crippen molar-refractivity contribution in [2.45, 2.75) is 6.61 Å². The minimum Gasteiger partial charge on any atom is -0.491 e. The van der Waals surface area contributed by atoms with Crippen molar-refractivity contribution >= 4 is 23.2 Å². The average molecular weight is 395 g/mol. The standard InChI is InChI=1S/C22H21NO4S/c1-25-12-13-26-20-9-5-18(6-10-20)22(24)11-4-17-2-7-21(8-3-17)27-14-19-15-28-16-23-19/h2-11,15-16H,12-14H2,1H3/b11-4-. The van der Waals surface area contributed by atoms with Crippen molar-refractivity contribution in [2.75, 3.05) is 20.3 Å². The third kappa shape index (κ3) is 6.04. The van der Waals surface area contributed by atoms with Gasteiger partial charge in [-0.1, -0.05) is 18.2 Å². The summed E-state index contributed by atoms with van der Waals surface area (Å²) < 4.78 is 16.1. The van der Waals surface area contributed by atoms with Gasteiger partial charge in [-0.25, -0.2) is 4.98 Å². The summed E-state index contributed by atoms with van der Waals surface area (Å²) in [5.74, 6) is 1.42. The quantitative estimate of drug-likeness (QED) is 0.284. The predicted octanol–water partition coefficient (Wildman–Crippen LogP) is 4.64. The van der Waals surface area contributed by atoms with E-state index in [0.717, 1.165) is 17.0 Å². The number of aromatic nitrogens is 1. The first kappa shape index (κ1) is 19.8. The van der Waals surface area contributed by atoms with Crippen molar-refractivity contribution in [3.63, 3.8) is 0 Å². The van der Waals surface area contributed by atoms with Gasteiger partial charge in [-0.3, -0.25) is 4.79 Å². The van der Waals surface area contributed by atoms with Gasteiger partial charge in [0.15, 0.2) is 5.78 Å².